The van der Waals surface area contributed by atoms with Gasteiger partial charge in [0.1, 0.15) is 11.6 Å². The highest BCUT2D eigenvalue weighted by atomic mass is 32.2. The zero-order valence-corrected chi connectivity index (χ0v) is 12.8. The molecule has 2 aromatic rings. The number of benzene rings is 1. The topological polar surface area (TPSA) is 75.4 Å². The van der Waals surface area contributed by atoms with Crippen LogP contribution in [-0.2, 0) is 30.0 Å². The molecule has 1 aliphatic heterocycles. The summed E-state index contributed by atoms with van der Waals surface area (Å²) in [4.78, 5) is 4.11. The maximum Gasteiger partial charge on any atom is 0.262 e. The minimum atomic E-state index is -3.60. The van der Waals surface area contributed by atoms with Crippen molar-refractivity contribution in [3.8, 4) is 5.75 Å². The Labute approximate surface area is 123 Å². The van der Waals surface area contributed by atoms with E-state index in [-0.39, 0.29) is 17.3 Å². The second-order valence-corrected chi connectivity index (χ2v) is 7.16. The van der Waals surface area contributed by atoms with Crippen molar-refractivity contribution in [3.05, 3.63) is 41.3 Å². The average Bonchev–Trinajstić information content (AvgIpc) is 2.78. The molecule has 21 heavy (non-hydrogen) atoms. The van der Waals surface area contributed by atoms with E-state index >= 15 is 0 Å². The molecule has 1 N–H and O–H groups in total. The van der Waals surface area contributed by atoms with Crippen molar-refractivity contribution in [1.82, 2.24) is 13.9 Å². The normalized spacial score (nSPS) is 15.9. The fraction of sp³-hybridized carbons (Fsp3) is 0.357. The lowest BCUT2D eigenvalue weighted by Crippen LogP contribution is -2.36. The summed E-state index contributed by atoms with van der Waals surface area (Å²) in [6, 6.07) is 5.10. The third kappa shape index (κ3) is 2.43. The van der Waals surface area contributed by atoms with E-state index in [1.165, 1.54) is 10.5 Å². The molecule has 0 fully saturated rings. The Hall–Kier alpha value is -1.86. The maximum atomic E-state index is 12.6. The number of phenols is 1. The molecular weight excluding hydrogens is 290 g/mol. The Morgan fingerprint density at radius 2 is 2.05 bits per heavy atom. The van der Waals surface area contributed by atoms with Gasteiger partial charge in [-0.2, -0.15) is 4.31 Å². The summed E-state index contributed by atoms with van der Waals surface area (Å²) in [6.45, 7) is 2.46. The van der Waals surface area contributed by atoms with E-state index in [9.17, 15) is 13.5 Å². The number of hydrogen-bond donors (Lipinski definition) is 1. The monoisotopic (exact) mass is 307 g/mol. The highest BCUT2D eigenvalue weighted by Gasteiger charge is 2.30. The second kappa shape index (κ2) is 4.85. The van der Waals surface area contributed by atoms with Gasteiger partial charge in [0, 0.05) is 26.3 Å². The van der Waals surface area contributed by atoms with Crippen LogP contribution < -0.4 is 0 Å². The van der Waals surface area contributed by atoms with Crippen LogP contribution in [0.1, 0.15) is 17.0 Å². The summed E-state index contributed by atoms with van der Waals surface area (Å²) in [5.41, 5.74) is 1.92. The third-order valence-electron chi connectivity index (χ3n) is 3.86. The molecule has 0 saturated carbocycles. The summed E-state index contributed by atoms with van der Waals surface area (Å²) in [6.07, 6.45) is 2.17. The van der Waals surface area contributed by atoms with Crippen LogP contribution in [-0.4, -0.2) is 33.9 Å². The molecular formula is C14H17N3O3S. The van der Waals surface area contributed by atoms with Crippen LogP contribution in [0, 0.1) is 6.92 Å². The van der Waals surface area contributed by atoms with Crippen molar-refractivity contribution in [2.24, 2.45) is 7.05 Å². The summed E-state index contributed by atoms with van der Waals surface area (Å²) in [7, 11) is -1.83. The summed E-state index contributed by atoms with van der Waals surface area (Å²) in [5.74, 6) is 0.810. The zero-order chi connectivity index (χ0) is 15.2. The Kier molecular flexibility index (Phi) is 3.26. The van der Waals surface area contributed by atoms with Crippen LogP contribution in [0.5, 0.6) is 5.75 Å². The van der Waals surface area contributed by atoms with Gasteiger partial charge in [-0.15, -0.1) is 0 Å². The van der Waals surface area contributed by atoms with Gasteiger partial charge in [-0.1, -0.05) is 6.07 Å². The predicted octanol–water partition coefficient (Wildman–Crippen LogP) is 1.18. The Morgan fingerprint density at radius 3 is 2.71 bits per heavy atom. The number of aryl methyl sites for hydroxylation is 2. The number of aromatic nitrogens is 2. The molecule has 0 saturated heterocycles. The number of imidazole rings is 1. The Morgan fingerprint density at radius 1 is 1.29 bits per heavy atom. The molecule has 3 rings (SSSR count). The smallest absolute Gasteiger partial charge is 0.262 e. The Balaban J connectivity index is 1.94. The van der Waals surface area contributed by atoms with Gasteiger partial charge in [0.2, 0.25) is 0 Å². The third-order valence-corrected chi connectivity index (χ3v) is 5.57. The van der Waals surface area contributed by atoms with Crippen LogP contribution in [0.15, 0.2) is 29.4 Å². The number of phenolic OH excluding ortho intramolecular Hbond substituents is 1. The molecule has 0 amide bonds. The summed E-state index contributed by atoms with van der Waals surface area (Å²) < 4.78 is 28.4. The standard InChI is InChI=1S/C14H17N3O3S/c1-10-15-14(9-16(10)2)21(19,20)17-6-5-11-3-4-13(18)7-12(11)8-17/h3-4,7,9,18H,5-6,8H2,1-2H3. The van der Waals surface area contributed by atoms with Crippen LogP contribution >= 0.6 is 0 Å². The second-order valence-electron chi connectivity index (χ2n) is 5.28. The van der Waals surface area contributed by atoms with Gasteiger partial charge in [-0.25, -0.2) is 13.4 Å². The lowest BCUT2D eigenvalue weighted by molar-refractivity contribution is 0.387. The lowest BCUT2D eigenvalue weighted by Gasteiger charge is -2.27. The number of nitrogens with zero attached hydrogens (tertiary/aromatic N) is 3. The highest BCUT2D eigenvalue weighted by molar-refractivity contribution is 7.89. The molecule has 0 radical (unpaired) electrons. The quantitative estimate of drug-likeness (QED) is 0.904. The van der Waals surface area contributed by atoms with E-state index in [1.807, 2.05) is 6.07 Å². The van der Waals surface area contributed by atoms with Gasteiger partial charge in [0.05, 0.1) is 0 Å². The number of rotatable bonds is 2. The van der Waals surface area contributed by atoms with Crippen LogP contribution in [0.3, 0.4) is 0 Å². The first-order valence-corrected chi connectivity index (χ1v) is 8.13. The average molecular weight is 307 g/mol. The van der Waals surface area contributed by atoms with E-state index in [4.69, 9.17) is 0 Å². The first-order chi connectivity index (χ1) is 9.88. The minimum absolute atomic E-state index is 0.0751. The molecule has 0 aliphatic carbocycles. The molecule has 0 atom stereocenters. The molecule has 112 valence electrons. The van der Waals surface area contributed by atoms with Crippen molar-refractivity contribution >= 4 is 10.0 Å². The van der Waals surface area contributed by atoms with Crippen LogP contribution in [0.4, 0.5) is 0 Å². The van der Waals surface area contributed by atoms with Gasteiger partial charge in [-0.05, 0) is 36.6 Å². The van der Waals surface area contributed by atoms with E-state index in [1.54, 1.807) is 30.7 Å². The van der Waals surface area contributed by atoms with Gasteiger partial charge >= 0.3 is 0 Å². The van der Waals surface area contributed by atoms with E-state index in [2.05, 4.69) is 4.98 Å². The maximum absolute atomic E-state index is 12.6. The lowest BCUT2D eigenvalue weighted by atomic mass is 10.0. The van der Waals surface area contributed by atoms with E-state index in [0.717, 1.165) is 11.1 Å². The number of aromatic hydroxyl groups is 1. The molecule has 0 spiro atoms. The van der Waals surface area contributed by atoms with Gasteiger partial charge < -0.3 is 9.67 Å². The van der Waals surface area contributed by atoms with Gasteiger partial charge in [0.15, 0.2) is 5.03 Å². The van der Waals surface area contributed by atoms with Gasteiger partial charge in [0.25, 0.3) is 10.0 Å². The number of hydrogen-bond acceptors (Lipinski definition) is 4. The summed E-state index contributed by atoms with van der Waals surface area (Å²) in [5, 5.41) is 9.63. The summed E-state index contributed by atoms with van der Waals surface area (Å²) >= 11 is 0. The van der Waals surface area contributed by atoms with Crippen LogP contribution in [0.2, 0.25) is 0 Å². The molecule has 7 heteroatoms. The molecule has 2 heterocycles. The molecule has 1 aromatic carbocycles. The predicted molar refractivity (Wildman–Crippen MR) is 77.4 cm³/mol. The first kappa shape index (κ1) is 14.1. The molecule has 1 aromatic heterocycles. The van der Waals surface area contributed by atoms with Crippen LogP contribution in [0.25, 0.3) is 0 Å². The fourth-order valence-corrected chi connectivity index (χ4v) is 3.95. The Bertz CT molecular complexity index is 776. The number of fused-ring (bicyclic) bond motifs is 1. The fourth-order valence-electron chi connectivity index (χ4n) is 2.51. The number of sulfonamides is 1. The van der Waals surface area contributed by atoms with Gasteiger partial charge in [-0.3, -0.25) is 0 Å². The first-order valence-electron chi connectivity index (χ1n) is 6.69. The minimum Gasteiger partial charge on any atom is -0.508 e. The SMILES string of the molecule is Cc1nc(S(=O)(=O)N2CCc3ccc(O)cc3C2)cn1C. The van der Waals surface area contributed by atoms with Crippen molar-refractivity contribution < 1.29 is 13.5 Å². The molecule has 6 nitrogen and oxygen atoms in total. The molecule has 1 aliphatic rings. The van der Waals surface area contributed by atoms with Crippen molar-refractivity contribution in [2.75, 3.05) is 6.54 Å². The van der Waals surface area contributed by atoms with Crippen molar-refractivity contribution in [2.45, 2.75) is 24.9 Å². The molecule has 0 bridgehead atoms. The van der Waals surface area contributed by atoms with E-state index in [0.29, 0.717) is 18.8 Å². The largest absolute Gasteiger partial charge is 0.508 e. The van der Waals surface area contributed by atoms with E-state index < -0.39 is 10.0 Å². The molecule has 0 unspecified atom stereocenters. The van der Waals surface area contributed by atoms with Crippen molar-refractivity contribution in [1.29, 1.82) is 0 Å². The zero-order valence-electron chi connectivity index (χ0n) is 11.9. The highest BCUT2D eigenvalue weighted by Crippen LogP contribution is 2.26. The van der Waals surface area contributed by atoms with Crippen molar-refractivity contribution in [3.63, 3.8) is 0 Å².